The first-order valence-corrected chi connectivity index (χ1v) is 8.35. The van der Waals surface area contributed by atoms with Crippen LogP contribution in [0.25, 0.3) is 0 Å². The molecular formula is C12H24N2O3S. The van der Waals surface area contributed by atoms with Crippen LogP contribution in [0, 0.1) is 0 Å². The highest BCUT2D eigenvalue weighted by Crippen LogP contribution is 2.21. The van der Waals surface area contributed by atoms with Crippen LogP contribution < -0.4 is 4.72 Å². The molecule has 0 bridgehead atoms. The van der Waals surface area contributed by atoms with Crippen molar-refractivity contribution in [1.82, 2.24) is 9.03 Å². The van der Waals surface area contributed by atoms with Crippen LogP contribution in [0.4, 0.5) is 0 Å². The maximum Gasteiger partial charge on any atom is 0.280 e. The molecule has 2 aliphatic heterocycles. The fraction of sp³-hybridized carbons (Fsp3) is 1.00. The summed E-state index contributed by atoms with van der Waals surface area (Å²) in [6.45, 7) is 5.25. The Bertz CT molecular complexity index is 366. The number of rotatable bonds is 4. The zero-order chi connectivity index (χ0) is 13.2. The van der Waals surface area contributed by atoms with Gasteiger partial charge in [-0.1, -0.05) is 6.42 Å². The molecule has 6 heteroatoms. The van der Waals surface area contributed by atoms with E-state index in [4.69, 9.17) is 4.74 Å². The van der Waals surface area contributed by atoms with E-state index in [2.05, 4.69) is 4.72 Å². The molecular weight excluding hydrogens is 252 g/mol. The van der Waals surface area contributed by atoms with Gasteiger partial charge in [0.25, 0.3) is 10.2 Å². The first-order chi connectivity index (χ1) is 8.50. The Labute approximate surface area is 110 Å². The molecule has 3 atom stereocenters. The number of hydrogen-bond donors (Lipinski definition) is 1. The summed E-state index contributed by atoms with van der Waals surface area (Å²) in [5.41, 5.74) is 0. The van der Waals surface area contributed by atoms with Crippen molar-refractivity contribution in [3.05, 3.63) is 0 Å². The van der Waals surface area contributed by atoms with Gasteiger partial charge in [-0.25, -0.2) is 0 Å². The number of ether oxygens (including phenoxy) is 1. The highest BCUT2D eigenvalue weighted by molar-refractivity contribution is 7.87. The molecule has 0 saturated carbocycles. The minimum Gasteiger partial charge on any atom is -0.377 e. The van der Waals surface area contributed by atoms with E-state index in [0.29, 0.717) is 6.54 Å². The van der Waals surface area contributed by atoms with Gasteiger partial charge in [0, 0.05) is 25.2 Å². The second kappa shape index (κ2) is 5.86. The molecule has 0 aromatic heterocycles. The van der Waals surface area contributed by atoms with Gasteiger partial charge in [-0.15, -0.1) is 0 Å². The predicted molar refractivity (Wildman–Crippen MR) is 70.5 cm³/mol. The van der Waals surface area contributed by atoms with E-state index in [1.165, 1.54) is 0 Å². The number of hydrogen-bond acceptors (Lipinski definition) is 3. The van der Waals surface area contributed by atoms with Crippen LogP contribution in [-0.4, -0.2) is 44.1 Å². The highest BCUT2D eigenvalue weighted by Gasteiger charge is 2.33. The Morgan fingerprint density at radius 1 is 1.28 bits per heavy atom. The predicted octanol–water partition coefficient (Wildman–Crippen LogP) is 1.26. The average Bonchev–Trinajstić information content (AvgIpc) is 2.82. The second-order valence-corrected chi connectivity index (χ2v) is 7.07. The lowest BCUT2D eigenvalue weighted by Crippen LogP contribution is -2.52. The molecule has 0 amide bonds. The smallest absolute Gasteiger partial charge is 0.280 e. The van der Waals surface area contributed by atoms with Gasteiger partial charge in [-0.05, 0) is 39.5 Å². The van der Waals surface area contributed by atoms with Crippen molar-refractivity contribution >= 4 is 10.2 Å². The number of nitrogens with zero attached hydrogens (tertiary/aromatic N) is 1. The summed E-state index contributed by atoms with van der Waals surface area (Å²) in [5.74, 6) is 0. The van der Waals surface area contributed by atoms with Gasteiger partial charge in [0.2, 0.25) is 0 Å². The monoisotopic (exact) mass is 276 g/mol. The fourth-order valence-electron chi connectivity index (χ4n) is 2.80. The minimum atomic E-state index is -3.37. The standard InChI is InChI=1S/C12H24N2O3S/c1-10-6-3-4-8-14(10)18(15,16)13-11(2)12-7-5-9-17-12/h10-13H,3-9H2,1-2H3. The van der Waals surface area contributed by atoms with E-state index in [1.54, 1.807) is 4.31 Å². The Hall–Kier alpha value is -0.170. The third kappa shape index (κ3) is 3.23. The average molecular weight is 276 g/mol. The molecule has 2 fully saturated rings. The molecule has 0 aromatic carbocycles. The van der Waals surface area contributed by atoms with Gasteiger partial charge in [0.05, 0.1) is 6.10 Å². The molecule has 18 heavy (non-hydrogen) atoms. The molecule has 0 radical (unpaired) electrons. The molecule has 2 aliphatic rings. The van der Waals surface area contributed by atoms with Crippen molar-refractivity contribution in [1.29, 1.82) is 0 Å². The maximum atomic E-state index is 12.3. The van der Waals surface area contributed by atoms with Crippen LogP contribution >= 0.6 is 0 Å². The Balaban J connectivity index is 1.97. The number of nitrogens with one attached hydrogen (secondary N) is 1. The molecule has 0 spiro atoms. The first kappa shape index (κ1) is 14.2. The van der Waals surface area contributed by atoms with Crippen LogP contribution in [0.1, 0.15) is 46.0 Å². The van der Waals surface area contributed by atoms with Gasteiger partial charge in [-0.2, -0.15) is 17.4 Å². The fourth-order valence-corrected chi connectivity index (χ4v) is 4.51. The van der Waals surface area contributed by atoms with Crippen molar-refractivity contribution in [3.63, 3.8) is 0 Å². The van der Waals surface area contributed by atoms with E-state index >= 15 is 0 Å². The lowest BCUT2D eigenvalue weighted by molar-refractivity contribution is 0.0892. The lowest BCUT2D eigenvalue weighted by atomic mass is 10.1. The number of piperidine rings is 1. The summed E-state index contributed by atoms with van der Waals surface area (Å²) in [5, 5.41) is 0. The van der Waals surface area contributed by atoms with Gasteiger partial charge in [0.15, 0.2) is 0 Å². The maximum absolute atomic E-state index is 12.3. The van der Waals surface area contributed by atoms with Crippen molar-refractivity contribution in [3.8, 4) is 0 Å². The lowest BCUT2D eigenvalue weighted by Gasteiger charge is -2.33. The molecule has 1 N–H and O–H groups in total. The first-order valence-electron chi connectivity index (χ1n) is 6.91. The molecule has 3 unspecified atom stereocenters. The summed E-state index contributed by atoms with van der Waals surface area (Å²) in [6.07, 6.45) is 5.03. The molecule has 2 heterocycles. The van der Waals surface area contributed by atoms with Crippen molar-refractivity contribution in [2.75, 3.05) is 13.2 Å². The quantitative estimate of drug-likeness (QED) is 0.841. The van der Waals surface area contributed by atoms with E-state index in [9.17, 15) is 8.42 Å². The van der Waals surface area contributed by atoms with Crippen molar-refractivity contribution in [2.45, 2.75) is 64.1 Å². The minimum absolute atomic E-state index is 0.0277. The van der Waals surface area contributed by atoms with Gasteiger partial charge in [0.1, 0.15) is 0 Å². The van der Waals surface area contributed by atoms with Crippen molar-refractivity contribution in [2.24, 2.45) is 0 Å². The van der Waals surface area contributed by atoms with E-state index in [-0.39, 0.29) is 18.2 Å². The summed E-state index contributed by atoms with van der Waals surface area (Å²) < 4.78 is 34.5. The van der Waals surface area contributed by atoms with Crippen LogP contribution in [-0.2, 0) is 14.9 Å². The Kier molecular flexibility index (Phi) is 4.64. The van der Waals surface area contributed by atoms with E-state index in [1.807, 2.05) is 13.8 Å². The van der Waals surface area contributed by atoms with Crippen LogP contribution in [0.3, 0.4) is 0 Å². The highest BCUT2D eigenvalue weighted by atomic mass is 32.2. The molecule has 106 valence electrons. The third-order valence-corrected chi connectivity index (χ3v) is 5.74. The molecule has 2 saturated heterocycles. The molecule has 2 rings (SSSR count). The van der Waals surface area contributed by atoms with Crippen molar-refractivity contribution < 1.29 is 13.2 Å². The Morgan fingerprint density at radius 2 is 2.06 bits per heavy atom. The summed E-state index contributed by atoms with van der Waals surface area (Å²) in [6, 6.07) is -0.0421. The summed E-state index contributed by atoms with van der Waals surface area (Å²) >= 11 is 0. The molecule has 0 aromatic rings. The summed E-state index contributed by atoms with van der Waals surface area (Å²) in [7, 11) is -3.37. The van der Waals surface area contributed by atoms with E-state index in [0.717, 1.165) is 38.7 Å². The normalized spacial score (nSPS) is 32.6. The van der Waals surface area contributed by atoms with E-state index < -0.39 is 10.2 Å². The van der Waals surface area contributed by atoms with Crippen LogP contribution in [0.5, 0.6) is 0 Å². The van der Waals surface area contributed by atoms with Crippen LogP contribution in [0.15, 0.2) is 0 Å². The third-order valence-electron chi connectivity index (χ3n) is 3.91. The second-order valence-electron chi connectivity index (χ2n) is 5.42. The molecule has 0 aliphatic carbocycles. The summed E-state index contributed by atoms with van der Waals surface area (Å²) in [4.78, 5) is 0. The van der Waals surface area contributed by atoms with Gasteiger partial charge < -0.3 is 4.74 Å². The topological polar surface area (TPSA) is 58.6 Å². The SMILES string of the molecule is CC(NS(=O)(=O)N1CCCCC1C)C1CCCO1. The van der Waals surface area contributed by atoms with Gasteiger partial charge >= 0.3 is 0 Å². The largest absolute Gasteiger partial charge is 0.377 e. The van der Waals surface area contributed by atoms with Crippen LogP contribution in [0.2, 0.25) is 0 Å². The zero-order valence-electron chi connectivity index (χ0n) is 11.3. The van der Waals surface area contributed by atoms with Gasteiger partial charge in [-0.3, -0.25) is 0 Å². The Morgan fingerprint density at radius 3 is 2.67 bits per heavy atom. The molecule has 5 nitrogen and oxygen atoms in total. The zero-order valence-corrected chi connectivity index (χ0v) is 12.1.